The van der Waals surface area contributed by atoms with E-state index in [1.54, 1.807) is 0 Å². The van der Waals surface area contributed by atoms with Crippen LogP contribution >= 0.6 is 15.2 Å². The Balaban J connectivity index is 1.52. The normalized spacial score (nSPS) is 23.6. The van der Waals surface area contributed by atoms with Gasteiger partial charge in [-0.25, -0.2) is 15.0 Å². The minimum Gasteiger partial charge on any atom is -0.383 e. The topological polar surface area (TPSA) is 230 Å². The van der Waals surface area contributed by atoms with Gasteiger partial charge in [-0.1, -0.05) is 29.8 Å². The van der Waals surface area contributed by atoms with E-state index in [2.05, 4.69) is 24.8 Å². The lowest BCUT2D eigenvalue weighted by atomic mass is 10.1. The number of anilines is 1. The number of nitrogens with zero attached hydrogens (tertiary/aromatic N) is 4. The third kappa shape index (κ3) is 5.82. The maximum Gasteiger partial charge on any atom is 0.340 e. The van der Waals surface area contributed by atoms with E-state index in [0.717, 1.165) is 11.1 Å². The Bertz CT molecular complexity index is 1330. The number of aliphatic hydroxyl groups is 3. The number of nitrogens with one attached hydrogen (secondary N) is 1. The molecule has 15 nitrogen and oxygen atoms in total. The molecule has 4 rings (SSSR count). The van der Waals surface area contributed by atoms with Crippen LogP contribution in [0, 0.1) is 6.92 Å². The average Bonchev–Trinajstić information content (AvgIpc) is 3.30. The highest BCUT2D eigenvalue weighted by molar-refractivity contribution is 7.70. The number of ether oxygens (including phenoxy) is 1. The molecule has 1 saturated heterocycles. The van der Waals surface area contributed by atoms with Crippen molar-refractivity contribution in [2.75, 3.05) is 17.8 Å². The van der Waals surface area contributed by atoms with E-state index in [1.807, 2.05) is 31.2 Å². The van der Waals surface area contributed by atoms with E-state index in [-0.39, 0.29) is 5.65 Å². The quantitative estimate of drug-likeness (QED) is 0.139. The zero-order chi connectivity index (χ0) is 26.3. The molecule has 17 heteroatoms. The van der Waals surface area contributed by atoms with Crippen molar-refractivity contribution in [1.29, 1.82) is 0 Å². The summed E-state index contributed by atoms with van der Waals surface area (Å²) in [5, 5.41) is 34.4. The zero-order valence-corrected chi connectivity index (χ0v) is 20.6. The van der Waals surface area contributed by atoms with Gasteiger partial charge >= 0.3 is 15.2 Å². The average molecular weight is 545 g/mol. The second-order valence-corrected chi connectivity index (χ2v) is 12.4. The van der Waals surface area contributed by atoms with Gasteiger partial charge in [0.25, 0.3) is 0 Å². The predicted molar refractivity (Wildman–Crippen MR) is 124 cm³/mol. The van der Waals surface area contributed by atoms with Gasteiger partial charge in [0.15, 0.2) is 35.2 Å². The van der Waals surface area contributed by atoms with Crippen molar-refractivity contribution in [2.45, 2.75) is 37.7 Å². The highest BCUT2D eigenvalue weighted by atomic mass is 31.2. The molecule has 0 bridgehead atoms. The first-order chi connectivity index (χ1) is 16.8. The first-order valence-electron chi connectivity index (χ1n) is 10.5. The first-order valence-corrected chi connectivity index (χ1v) is 14.1. The molecule has 1 aliphatic heterocycles. The van der Waals surface area contributed by atoms with Gasteiger partial charge in [0.1, 0.15) is 12.4 Å². The SMILES string of the molecule is Cc1ccc(CNc2ncnc3c2ncn3[C@@H]2O[C@H](COP(=O)(O)CP(=O)(O)O)C(O)(O)[C@H]2O)cc1. The van der Waals surface area contributed by atoms with E-state index < -0.39 is 51.9 Å². The summed E-state index contributed by atoms with van der Waals surface area (Å²) in [6, 6.07) is 7.85. The number of fused-ring (bicyclic) bond motifs is 1. The summed E-state index contributed by atoms with van der Waals surface area (Å²) in [6.45, 7) is 1.46. The van der Waals surface area contributed by atoms with E-state index in [1.165, 1.54) is 17.2 Å². The molecule has 0 radical (unpaired) electrons. The molecule has 0 aliphatic carbocycles. The summed E-state index contributed by atoms with van der Waals surface area (Å²) < 4.78 is 34.3. The van der Waals surface area contributed by atoms with Crippen LogP contribution in [-0.4, -0.2) is 80.0 Å². The van der Waals surface area contributed by atoms with Crippen LogP contribution in [-0.2, 0) is 24.9 Å². The van der Waals surface area contributed by atoms with Crippen molar-refractivity contribution in [3.05, 3.63) is 48.0 Å². The largest absolute Gasteiger partial charge is 0.383 e. The Hall–Kier alpha value is -2.29. The number of aliphatic hydroxyl groups excluding tert-OH is 1. The maximum atomic E-state index is 11.9. The molecule has 4 atom stereocenters. The molecule has 3 heterocycles. The fourth-order valence-electron chi connectivity index (χ4n) is 3.64. The molecule has 7 N–H and O–H groups in total. The van der Waals surface area contributed by atoms with Gasteiger partial charge in [-0.2, -0.15) is 0 Å². The lowest BCUT2D eigenvalue weighted by Crippen LogP contribution is -2.49. The molecule has 0 spiro atoms. The number of hydrogen-bond acceptors (Lipinski definition) is 11. The molecular weight excluding hydrogens is 520 g/mol. The molecule has 196 valence electrons. The monoisotopic (exact) mass is 545 g/mol. The number of aromatic nitrogens is 4. The molecule has 2 aromatic heterocycles. The number of aryl methyl sites for hydroxylation is 1. The number of hydrogen-bond donors (Lipinski definition) is 7. The third-order valence-electron chi connectivity index (χ3n) is 5.49. The van der Waals surface area contributed by atoms with E-state index >= 15 is 0 Å². The summed E-state index contributed by atoms with van der Waals surface area (Å²) in [7, 11) is -9.69. The van der Waals surface area contributed by atoms with Gasteiger partial charge in [-0.15, -0.1) is 0 Å². The molecule has 1 aromatic carbocycles. The van der Waals surface area contributed by atoms with Crippen LogP contribution in [0.25, 0.3) is 11.2 Å². The van der Waals surface area contributed by atoms with Crippen LogP contribution < -0.4 is 5.32 Å². The minimum atomic E-state index is -4.89. The summed E-state index contributed by atoms with van der Waals surface area (Å²) in [6.07, 6.45) is -2.68. The summed E-state index contributed by atoms with van der Waals surface area (Å²) >= 11 is 0. The maximum absolute atomic E-state index is 11.9. The molecule has 36 heavy (non-hydrogen) atoms. The molecule has 3 aromatic rings. The second-order valence-electron chi connectivity index (χ2n) is 8.37. The van der Waals surface area contributed by atoms with Gasteiger partial charge < -0.3 is 44.6 Å². The van der Waals surface area contributed by atoms with Crippen molar-refractivity contribution in [2.24, 2.45) is 0 Å². The van der Waals surface area contributed by atoms with Gasteiger partial charge in [0.05, 0.1) is 12.9 Å². The Kier molecular flexibility index (Phi) is 7.34. The second kappa shape index (κ2) is 9.88. The van der Waals surface area contributed by atoms with Crippen LogP contribution in [0.1, 0.15) is 17.4 Å². The lowest BCUT2D eigenvalue weighted by molar-refractivity contribution is -0.234. The minimum absolute atomic E-state index is 0.187. The fraction of sp³-hybridized carbons (Fsp3) is 0.421. The lowest BCUT2D eigenvalue weighted by Gasteiger charge is -2.25. The number of rotatable bonds is 9. The summed E-state index contributed by atoms with van der Waals surface area (Å²) in [5.41, 5.74) is 2.61. The molecule has 0 amide bonds. The zero-order valence-electron chi connectivity index (χ0n) is 18.8. The standard InChI is InChI=1S/C19H25N5O10P2/c1-11-2-4-12(5-3-11)6-20-16-14-17(22-8-21-16)24(9-23-14)18-15(25)19(26,27)13(34-18)7-33-36(31,32)10-35(28,29)30/h2-5,8-9,13,15,18,25-27H,6-7,10H2,1H3,(H,31,32)(H,20,21,22)(H2,28,29,30)/t13-,15+,18-/m1/s1. The smallest absolute Gasteiger partial charge is 0.340 e. The van der Waals surface area contributed by atoms with Gasteiger partial charge in [0.2, 0.25) is 5.79 Å². The van der Waals surface area contributed by atoms with Crippen LogP contribution in [0.4, 0.5) is 5.82 Å². The Morgan fingerprint density at radius 3 is 2.50 bits per heavy atom. The van der Waals surface area contributed by atoms with Crippen molar-refractivity contribution in [3.8, 4) is 0 Å². The molecular formula is C19H25N5O10P2. The number of imidazole rings is 1. The van der Waals surface area contributed by atoms with Crippen molar-refractivity contribution in [1.82, 2.24) is 19.5 Å². The predicted octanol–water partition coefficient (Wildman–Crippen LogP) is 0.0232. The van der Waals surface area contributed by atoms with Crippen molar-refractivity contribution < 1.29 is 48.4 Å². The Morgan fingerprint density at radius 1 is 1.14 bits per heavy atom. The highest BCUT2D eigenvalue weighted by Crippen LogP contribution is 2.55. The number of benzene rings is 1. The van der Waals surface area contributed by atoms with Crippen LogP contribution in [0.15, 0.2) is 36.9 Å². The van der Waals surface area contributed by atoms with E-state index in [0.29, 0.717) is 17.9 Å². The summed E-state index contributed by atoms with van der Waals surface area (Å²) in [4.78, 5) is 40.0. The highest BCUT2D eigenvalue weighted by Gasteiger charge is 2.56. The molecule has 0 saturated carbocycles. The van der Waals surface area contributed by atoms with Crippen LogP contribution in [0.2, 0.25) is 0 Å². The molecule has 1 aliphatic rings. The Labute approximate surface area is 204 Å². The first kappa shape index (κ1) is 26.8. The van der Waals surface area contributed by atoms with E-state index in [4.69, 9.17) is 14.5 Å². The molecule has 1 fully saturated rings. The third-order valence-corrected chi connectivity index (χ3v) is 8.94. The van der Waals surface area contributed by atoms with Crippen molar-refractivity contribution in [3.63, 3.8) is 0 Å². The fourth-order valence-corrected chi connectivity index (χ4v) is 6.20. The summed E-state index contributed by atoms with van der Waals surface area (Å²) in [5.74, 6) is -4.03. The van der Waals surface area contributed by atoms with Gasteiger partial charge in [0, 0.05) is 6.54 Å². The van der Waals surface area contributed by atoms with Crippen LogP contribution in [0.5, 0.6) is 0 Å². The van der Waals surface area contributed by atoms with Gasteiger partial charge in [-0.3, -0.25) is 13.7 Å². The van der Waals surface area contributed by atoms with Crippen LogP contribution in [0.3, 0.4) is 0 Å². The van der Waals surface area contributed by atoms with Crippen molar-refractivity contribution >= 4 is 32.2 Å². The van der Waals surface area contributed by atoms with E-state index in [9.17, 15) is 29.3 Å². The molecule has 1 unspecified atom stereocenters. The Morgan fingerprint density at radius 2 is 1.83 bits per heavy atom. The van der Waals surface area contributed by atoms with Gasteiger partial charge in [-0.05, 0) is 12.5 Å².